The van der Waals surface area contributed by atoms with Crippen LogP contribution in [0.4, 0.5) is 0 Å². The van der Waals surface area contributed by atoms with Crippen molar-refractivity contribution in [2.24, 2.45) is 7.05 Å². The molecule has 0 N–H and O–H groups in total. The number of nitrogens with zero attached hydrogens (tertiary/aromatic N) is 3. The lowest BCUT2D eigenvalue weighted by Crippen LogP contribution is -2.38. The fraction of sp³-hybridized carbons (Fsp3) is 0.375. The molecule has 2 heterocycles. The summed E-state index contributed by atoms with van der Waals surface area (Å²) in [6.07, 6.45) is 5.48. The van der Waals surface area contributed by atoms with Gasteiger partial charge in [-0.3, -0.25) is 4.79 Å². The van der Waals surface area contributed by atoms with E-state index in [1.807, 2.05) is 16.5 Å². The molecule has 0 aliphatic carbocycles. The van der Waals surface area contributed by atoms with E-state index >= 15 is 0 Å². The van der Waals surface area contributed by atoms with Crippen LogP contribution in [0.15, 0.2) is 41.3 Å². The van der Waals surface area contributed by atoms with Gasteiger partial charge in [-0.25, -0.2) is 4.98 Å². The molecule has 0 spiro atoms. The predicted molar refractivity (Wildman–Crippen MR) is 85.2 cm³/mol. The third-order valence-electron chi connectivity index (χ3n) is 4.05. The lowest BCUT2D eigenvalue weighted by Gasteiger charge is -2.31. The van der Waals surface area contributed by atoms with Crippen molar-refractivity contribution < 1.29 is 4.79 Å². The first-order valence-corrected chi connectivity index (χ1v) is 7.95. The first-order valence-electron chi connectivity index (χ1n) is 7.16. The Balaban J connectivity index is 1.62. The van der Waals surface area contributed by atoms with E-state index in [9.17, 15) is 4.79 Å². The first-order chi connectivity index (χ1) is 10.1. The van der Waals surface area contributed by atoms with Crippen LogP contribution in [0.5, 0.6) is 0 Å². The van der Waals surface area contributed by atoms with Crippen molar-refractivity contribution in [3.05, 3.63) is 52.5 Å². The van der Waals surface area contributed by atoms with Crippen molar-refractivity contribution >= 4 is 21.8 Å². The summed E-state index contributed by atoms with van der Waals surface area (Å²) in [5.74, 6) is 0.593. The van der Waals surface area contributed by atoms with Crippen molar-refractivity contribution in [1.82, 2.24) is 14.5 Å². The summed E-state index contributed by atoms with van der Waals surface area (Å²) >= 11 is 3.46. The SMILES string of the molecule is Cn1cnc(C(=O)N2CCC(c3ccc(Br)cc3)CC2)c1. The minimum atomic E-state index is 0.0462. The van der Waals surface area contributed by atoms with E-state index in [2.05, 4.69) is 45.2 Å². The second kappa shape index (κ2) is 6.02. The fourth-order valence-corrected chi connectivity index (χ4v) is 3.10. The highest BCUT2D eigenvalue weighted by Gasteiger charge is 2.25. The summed E-state index contributed by atoms with van der Waals surface area (Å²) in [6.45, 7) is 1.60. The highest BCUT2D eigenvalue weighted by molar-refractivity contribution is 9.10. The molecule has 21 heavy (non-hydrogen) atoms. The molecule has 0 atom stereocenters. The van der Waals surface area contributed by atoms with Crippen LogP contribution in [0.25, 0.3) is 0 Å². The van der Waals surface area contributed by atoms with Crippen LogP contribution in [-0.2, 0) is 7.05 Å². The number of piperidine rings is 1. The zero-order valence-electron chi connectivity index (χ0n) is 12.0. The molecule has 1 aliphatic rings. The van der Waals surface area contributed by atoms with Gasteiger partial charge in [0, 0.05) is 30.8 Å². The molecule has 1 aromatic heterocycles. The average molecular weight is 348 g/mol. The third kappa shape index (κ3) is 3.18. The summed E-state index contributed by atoms with van der Waals surface area (Å²) in [5, 5.41) is 0. The molecule has 1 fully saturated rings. The minimum absolute atomic E-state index is 0.0462. The van der Waals surface area contributed by atoms with Gasteiger partial charge in [0.05, 0.1) is 6.33 Å². The number of rotatable bonds is 2. The molecule has 0 bridgehead atoms. The topological polar surface area (TPSA) is 38.1 Å². The maximum atomic E-state index is 12.3. The number of hydrogen-bond donors (Lipinski definition) is 0. The van der Waals surface area contributed by atoms with Gasteiger partial charge in [-0.2, -0.15) is 0 Å². The molecule has 2 aromatic rings. The Bertz CT molecular complexity index is 627. The summed E-state index contributed by atoms with van der Waals surface area (Å²) in [6, 6.07) is 8.51. The van der Waals surface area contributed by atoms with Crippen molar-refractivity contribution in [2.45, 2.75) is 18.8 Å². The highest BCUT2D eigenvalue weighted by atomic mass is 79.9. The van der Waals surface area contributed by atoms with Gasteiger partial charge < -0.3 is 9.47 Å². The van der Waals surface area contributed by atoms with Crippen LogP contribution in [0.2, 0.25) is 0 Å². The number of carbonyl (C=O) groups excluding carboxylic acids is 1. The summed E-state index contributed by atoms with van der Waals surface area (Å²) < 4.78 is 2.91. The third-order valence-corrected chi connectivity index (χ3v) is 4.58. The highest BCUT2D eigenvalue weighted by Crippen LogP contribution is 2.29. The van der Waals surface area contributed by atoms with E-state index in [1.165, 1.54) is 5.56 Å². The number of likely N-dealkylation sites (tertiary alicyclic amines) is 1. The summed E-state index contributed by atoms with van der Waals surface area (Å²) in [4.78, 5) is 18.4. The molecular formula is C16H18BrN3O. The second-order valence-corrected chi connectivity index (χ2v) is 6.46. The molecule has 1 aliphatic heterocycles. The van der Waals surface area contributed by atoms with Crippen molar-refractivity contribution in [3.63, 3.8) is 0 Å². The van der Waals surface area contributed by atoms with E-state index in [-0.39, 0.29) is 5.91 Å². The molecule has 3 rings (SSSR count). The van der Waals surface area contributed by atoms with E-state index in [0.29, 0.717) is 11.6 Å². The first kappa shape index (κ1) is 14.3. The smallest absolute Gasteiger partial charge is 0.274 e. The van der Waals surface area contributed by atoms with Gasteiger partial charge in [0.1, 0.15) is 5.69 Å². The number of carbonyl (C=O) groups is 1. The molecule has 0 radical (unpaired) electrons. The maximum absolute atomic E-state index is 12.3. The number of amides is 1. The Labute approximate surface area is 132 Å². The van der Waals surface area contributed by atoms with Crippen LogP contribution >= 0.6 is 15.9 Å². The summed E-state index contributed by atoms with van der Waals surface area (Å²) in [7, 11) is 1.88. The van der Waals surface area contributed by atoms with Gasteiger partial charge >= 0.3 is 0 Å². The van der Waals surface area contributed by atoms with E-state index in [0.717, 1.165) is 30.4 Å². The second-order valence-electron chi connectivity index (χ2n) is 5.54. The maximum Gasteiger partial charge on any atom is 0.274 e. The number of benzene rings is 1. The number of imidazole rings is 1. The fourth-order valence-electron chi connectivity index (χ4n) is 2.84. The molecule has 4 nitrogen and oxygen atoms in total. The minimum Gasteiger partial charge on any atom is -0.340 e. The molecule has 1 aromatic carbocycles. The Morgan fingerprint density at radius 1 is 1.24 bits per heavy atom. The zero-order valence-corrected chi connectivity index (χ0v) is 13.6. The Morgan fingerprint density at radius 3 is 2.48 bits per heavy atom. The predicted octanol–water partition coefficient (Wildman–Crippen LogP) is 3.20. The van der Waals surface area contributed by atoms with Crippen LogP contribution in [0.1, 0.15) is 34.8 Å². The molecule has 0 unspecified atom stereocenters. The molecule has 5 heteroatoms. The molecule has 1 saturated heterocycles. The Kier molecular flexibility index (Phi) is 4.10. The normalized spacial score (nSPS) is 16.2. The molecule has 0 saturated carbocycles. The largest absolute Gasteiger partial charge is 0.340 e. The standard InChI is InChI=1S/C16H18BrN3O/c1-19-10-15(18-11-19)16(21)20-8-6-13(7-9-20)12-2-4-14(17)5-3-12/h2-5,10-11,13H,6-9H2,1H3. The van der Waals surface area contributed by atoms with Crippen molar-refractivity contribution in [2.75, 3.05) is 13.1 Å². The molecule has 1 amide bonds. The van der Waals surface area contributed by atoms with Gasteiger partial charge in [0.25, 0.3) is 5.91 Å². The monoisotopic (exact) mass is 347 g/mol. The van der Waals surface area contributed by atoms with Crippen LogP contribution in [-0.4, -0.2) is 33.4 Å². The van der Waals surface area contributed by atoms with Crippen molar-refractivity contribution in [1.29, 1.82) is 0 Å². The van der Waals surface area contributed by atoms with E-state index in [4.69, 9.17) is 0 Å². The summed E-state index contributed by atoms with van der Waals surface area (Å²) in [5.41, 5.74) is 1.91. The number of halogens is 1. The average Bonchev–Trinajstić information content (AvgIpc) is 2.94. The molecular weight excluding hydrogens is 330 g/mol. The zero-order chi connectivity index (χ0) is 14.8. The quantitative estimate of drug-likeness (QED) is 0.836. The van der Waals surface area contributed by atoms with E-state index < -0.39 is 0 Å². The van der Waals surface area contributed by atoms with Crippen LogP contribution in [0, 0.1) is 0 Å². The number of hydrogen-bond acceptors (Lipinski definition) is 2. The van der Waals surface area contributed by atoms with Gasteiger partial charge in [0.15, 0.2) is 0 Å². The Hall–Kier alpha value is -1.62. The number of aromatic nitrogens is 2. The van der Waals surface area contributed by atoms with Gasteiger partial charge in [-0.1, -0.05) is 28.1 Å². The van der Waals surface area contributed by atoms with Crippen molar-refractivity contribution in [3.8, 4) is 0 Å². The van der Waals surface area contributed by atoms with Gasteiger partial charge in [0.2, 0.25) is 0 Å². The van der Waals surface area contributed by atoms with Gasteiger partial charge in [-0.05, 0) is 36.5 Å². The molecule has 110 valence electrons. The van der Waals surface area contributed by atoms with E-state index in [1.54, 1.807) is 12.5 Å². The lowest BCUT2D eigenvalue weighted by molar-refractivity contribution is 0.0707. The van der Waals surface area contributed by atoms with Crippen LogP contribution < -0.4 is 0 Å². The van der Waals surface area contributed by atoms with Crippen LogP contribution in [0.3, 0.4) is 0 Å². The van der Waals surface area contributed by atoms with Gasteiger partial charge in [-0.15, -0.1) is 0 Å². The lowest BCUT2D eigenvalue weighted by atomic mass is 9.89. The Morgan fingerprint density at radius 2 is 1.90 bits per heavy atom. The number of aryl methyl sites for hydroxylation is 1.